The summed E-state index contributed by atoms with van der Waals surface area (Å²) >= 11 is 0. The molecule has 0 unspecified atom stereocenters. The molecule has 0 radical (unpaired) electrons. The van der Waals surface area contributed by atoms with Gasteiger partial charge in [0.1, 0.15) is 0 Å². The average molecular weight is 435 g/mol. The smallest absolute Gasteiger partial charge is 0.251 e. The van der Waals surface area contributed by atoms with Gasteiger partial charge >= 0.3 is 0 Å². The fourth-order valence-electron chi connectivity index (χ4n) is 4.10. The second-order valence-corrected chi connectivity index (χ2v) is 8.33. The van der Waals surface area contributed by atoms with Crippen molar-refractivity contribution in [2.75, 3.05) is 39.4 Å². The van der Waals surface area contributed by atoms with Crippen LogP contribution in [0.5, 0.6) is 11.5 Å². The zero-order chi connectivity index (χ0) is 22.2. The van der Waals surface area contributed by atoms with Crippen LogP contribution in [0.4, 0.5) is 5.69 Å². The van der Waals surface area contributed by atoms with E-state index in [1.807, 2.05) is 68.5 Å². The molecule has 2 atom stereocenters. The second-order valence-electron chi connectivity index (χ2n) is 8.33. The van der Waals surface area contributed by atoms with Crippen LogP contribution in [0.3, 0.4) is 0 Å². The van der Waals surface area contributed by atoms with E-state index in [0.717, 1.165) is 11.3 Å². The van der Waals surface area contributed by atoms with Gasteiger partial charge < -0.3 is 24.2 Å². The van der Waals surface area contributed by atoms with Crippen LogP contribution in [-0.2, 0) is 0 Å². The molecule has 1 saturated heterocycles. The van der Waals surface area contributed by atoms with Crippen LogP contribution in [0.15, 0.2) is 47.0 Å². The Morgan fingerprint density at radius 2 is 1.91 bits per heavy atom. The number of nitrogens with one attached hydrogen (secondary N) is 1. The topological polar surface area (TPSA) is 93.0 Å². The number of likely N-dealkylation sites (N-methyl/N-ethyl adjacent to an activating group) is 1. The number of amides is 1. The number of carbonyl (C=O) groups is 1. The Morgan fingerprint density at radius 3 is 2.69 bits per heavy atom. The van der Waals surface area contributed by atoms with Crippen molar-refractivity contribution in [3.05, 3.63) is 53.9 Å². The van der Waals surface area contributed by atoms with Gasteiger partial charge in [-0.1, -0.05) is 5.16 Å². The standard InChI is InChI=1S/C23H25N5O4/c1-27(2)17-7-4-14(5-8-17)22(29)24-16-11-18(28(3)12-16)23-25-21(26-32-23)15-6-9-19-20(10-15)31-13-30-19/h4-10,16,18H,11-13H2,1-3H3,(H,24,29)/t16-,18-/m0/s1. The van der Waals surface area contributed by atoms with Gasteiger partial charge in [0.05, 0.1) is 6.04 Å². The Hall–Kier alpha value is -3.59. The molecule has 166 valence electrons. The van der Waals surface area contributed by atoms with Gasteiger partial charge in [-0.25, -0.2) is 0 Å². The lowest BCUT2D eigenvalue weighted by Gasteiger charge is -2.15. The molecule has 32 heavy (non-hydrogen) atoms. The molecule has 5 rings (SSSR count). The van der Waals surface area contributed by atoms with Gasteiger partial charge in [-0.2, -0.15) is 4.98 Å². The van der Waals surface area contributed by atoms with Gasteiger partial charge in [0.25, 0.3) is 5.91 Å². The van der Waals surface area contributed by atoms with Crippen LogP contribution in [-0.4, -0.2) is 61.5 Å². The van der Waals surface area contributed by atoms with Crippen LogP contribution in [0, 0.1) is 0 Å². The molecule has 1 N–H and O–H groups in total. The van der Waals surface area contributed by atoms with Gasteiger partial charge in [0.15, 0.2) is 11.5 Å². The summed E-state index contributed by atoms with van der Waals surface area (Å²) in [5.41, 5.74) is 2.50. The molecule has 9 nitrogen and oxygen atoms in total. The van der Waals surface area contributed by atoms with Gasteiger partial charge in [-0.3, -0.25) is 9.69 Å². The highest BCUT2D eigenvalue weighted by molar-refractivity contribution is 5.94. The van der Waals surface area contributed by atoms with Crippen LogP contribution >= 0.6 is 0 Å². The van der Waals surface area contributed by atoms with Crippen molar-refractivity contribution in [3.8, 4) is 22.9 Å². The SMILES string of the molecule is CN(C)c1ccc(C(=O)N[C@H]2C[C@@H](c3nc(-c4ccc5c(c4)OCO5)no3)N(C)C2)cc1. The van der Waals surface area contributed by atoms with Crippen LogP contribution in [0.2, 0.25) is 0 Å². The number of carbonyl (C=O) groups excluding carboxylic acids is 1. The van der Waals surface area contributed by atoms with E-state index in [1.54, 1.807) is 0 Å². The molecule has 2 aromatic carbocycles. The van der Waals surface area contributed by atoms with E-state index in [9.17, 15) is 4.79 Å². The average Bonchev–Trinajstić information content (AvgIpc) is 3.52. The number of fused-ring (bicyclic) bond motifs is 1. The number of hydrogen-bond acceptors (Lipinski definition) is 8. The Bertz CT molecular complexity index is 1130. The number of ether oxygens (including phenoxy) is 2. The Morgan fingerprint density at radius 1 is 1.12 bits per heavy atom. The van der Waals surface area contributed by atoms with E-state index in [4.69, 9.17) is 14.0 Å². The number of likely N-dealkylation sites (tertiary alicyclic amines) is 1. The minimum absolute atomic E-state index is 0.00748. The molecule has 1 fully saturated rings. The number of nitrogens with zero attached hydrogens (tertiary/aromatic N) is 4. The summed E-state index contributed by atoms with van der Waals surface area (Å²) in [6.07, 6.45) is 0.695. The van der Waals surface area contributed by atoms with Crippen LogP contribution < -0.4 is 19.7 Å². The molecule has 3 aromatic rings. The minimum atomic E-state index is -0.0825. The predicted molar refractivity (Wildman–Crippen MR) is 118 cm³/mol. The van der Waals surface area contributed by atoms with E-state index >= 15 is 0 Å². The fraction of sp³-hybridized carbons (Fsp3) is 0.348. The summed E-state index contributed by atoms with van der Waals surface area (Å²) < 4.78 is 16.4. The normalized spacial score (nSPS) is 19.8. The van der Waals surface area contributed by atoms with Crippen molar-refractivity contribution in [2.45, 2.75) is 18.5 Å². The second kappa shape index (κ2) is 8.16. The third-order valence-corrected chi connectivity index (χ3v) is 5.89. The van der Waals surface area contributed by atoms with Crippen molar-refractivity contribution in [1.29, 1.82) is 0 Å². The summed E-state index contributed by atoms with van der Waals surface area (Å²) in [5.74, 6) is 2.34. The quantitative estimate of drug-likeness (QED) is 0.654. The minimum Gasteiger partial charge on any atom is -0.454 e. The summed E-state index contributed by atoms with van der Waals surface area (Å²) in [6.45, 7) is 0.921. The van der Waals surface area contributed by atoms with Crippen molar-refractivity contribution in [1.82, 2.24) is 20.4 Å². The van der Waals surface area contributed by atoms with Crippen LogP contribution in [0.1, 0.15) is 28.7 Å². The summed E-state index contributed by atoms with van der Waals surface area (Å²) in [7, 11) is 5.94. The van der Waals surface area contributed by atoms with E-state index in [-0.39, 0.29) is 24.8 Å². The molecule has 9 heteroatoms. The van der Waals surface area contributed by atoms with Crippen molar-refractivity contribution >= 4 is 11.6 Å². The summed E-state index contributed by atoms with van der Waals surface area (Å²) in [6, 6.07) is 13.1. The fourth-order valence-corrected chi connectivity index (χ4v) is 4.10. The van der Waals surface area contributed by atoms with Gasteiger partial charge in [0.2, 0.25) is 18.5 Å². The maximum Gasteiger partial charge on any atom is 0.251 e. The van der Waals surface area contributed by atoms with E-state index in [0.29, 0.717) is 41.7 Å². The van der Waals surface area contributed by atoms with Gasteiger partial charge in [-0.15, -0.1) is 0 Å². The van der Waals surface area contributed by atoms with E-state index < -0.39 is 0 Å². The Kier molecular flexibility index (Phi) is 5.18. The van der Waals surface area contributed by atoms with E-state index in [2.05, 4.69) is 20.4 Å². The number of anilines is 1. The lowest BCUT2D eigenvalue weighted by atomic mass is 10.1. The molecule has 0 saturated carbocycles. The molecular weight excluding hydrogens is 410 g/mol. The lowest BCUT2D eigenvalue weighted by molar-refractivity contribution is 0.0938. The van der Waals surface area contributed by atoms with Crippen molar-refractivity contribution in [3.63, 3.8) is 0 Å². The zero-order valence-electron chi connectivity index (χ0n) is 18.2. The molecule has 0 bridgehead atoms. The Labute approximate surface area is 185 Å². The molecule has 1 amide bonds. The molecule has 0 spiro atoms. The van der Waals surface area contributed by atoms with Crippen molar-refractivity contribution in [2.24, 2.45) is 0 Å². The van der Waals surface area contributed by atoms with Crippen molar-refractivity contribution < 1.29 is 18.8 Å². The first kappa shape index (κ1) is 20.3. The number of benzene rings is 2. The molecule has 3 heterocycles. The number of hydrogen-bond donors (Lipinski definition) is 1. The molecular formula is C23H25N5O4. The first-order valence-electron chi connectivity index (χ1n) is 10.5. The zero-order valence-corrected chi connectivity index (χ0v) is 18.2. The highest BCUT2D eigenvalue weighted by atomic mass is 16.7. The highest BCUT2D eigenvalue weighted by Gasteiger charge is 2.35. The first-order chi connectivity index (χ1) is 15.5. The third-order valence-electron chi connectivity index (χ3n) is 5.89. The maximum absolute atomic E-state index is 12.7. The van der Waals surface area contributed by atoms with Crippen LogP contribution in [0.25, 0.3) is 11.4 Å². The highest BCUT2D eigenvalue weighted by Crippen LogP contribution is 2.36. The summed E-state index contributed by atoms with van der Waals surface area (Å²) in [4.78, 5) is 21.4. The van der Waals surface area contributed by atoms with E-state index in [1.165, 1.54) is 0 Å². The van der Waals surface area contributed by atoms with Gasteiger partial charge in [0, 0.05) is 43.5 Å². The third kappa shape index (κ3) is 3.87. The largest absolute Gasteiger partial charge is 0.454 e. The van der Waals surface area contributed by atoms with Gasteiger partial charge in [-0.05, 0) is 55.9 Å². The monoisotopic (exact) mass is 435 g/mol. The lowest BCUT2D eigenvalue weighted by Crippen LogP contribution is -2.36. The number of rotatable bonds is 5. The first-order valence-corrected chi connectivity index (χ1v) is 10.5. The predicted octanol–water partition coefficient (Wildman–Crippen LogP) is 2.71. The maximum atomic E-state index is 12.7. The Balaban J connectivity index is 1.25. The molecule has 1 aromatic heterocycles. The summed E-state index contributed by atoms with van der Waals surface area (Å²) in [5, 5.41) is 7.27. The molecule has 0 aliphatic carbocycles. The molecule has 2 aliphatic rings. The molecule has 2 aliphatic heterocycles. The number of aromatic nitrogens is 2.